The number of aliphatic hydroxyl groups is 1. The molecular weight excluding hydrogens is 660 g/mol. The second kappa shape index (κ2) is 23.7. The fraction of sp³-hybridized carbons (Fsp3) is 0.780. The van der Waals surface area contributed by atoms with Gasteiger partial charge in [0.15, 0.2) is 0 Å². The lowest BCUT2D eigenvalue weighted by molar-refractivity contribution is -0.127. The van der Waals surface area contributed by atoms with E-state index < -0.39 is 29.8 Å². The number of aliphatic hydroxyl groups excluding tert-OH is 1. The number of unbranched alkanes of at least 4 members (excludes halogenated alkanes) is 2. The Bertz CT molecular complexity index is 1200. The number of carbonyl (C=O) groups excluding carboxylic acids is 3. The van der Waals surface area contributed by atoms with Crippen LogP contribution >= 0.6 is 0 Å². The monoisotopic (exact) mass is 733 g/mol. The van der Waals surface area contributed by atoms with Crippen molar-refractivity contribution in [1.29, 1.82) is 0 Å². The molecule has 1 aromatic carbocycles. The average molecular weight is 733 g/mol. The van der Waals surface area contributed by atoms with Crippen LogP contribution in [0.25, 0.3) is 0 Å². The van der Waals surface area contributed by atoms with Gasteiger partial charge >= 0.3 is 6.09 Å². The van der Waals surface area contributed by atoms with E-state index in [9.17, 15) is 19.5 Å². The molecule has 1 fully saturated rings. The largest absolute Gasteiger partial charge is 0.493 e. The number of ether oxygens (including phenoxy) is 3. The van der Waals surface area contributed by atoms with E-state index in [0.717, 1.165) is 50.9 Å². The topological polar surface area (TPSA) is 138 Å². The van der Waals surface area contributed by atoms with Crippen LogP contribution in [-0.4, -0.2) is 92.2 Å². The van der Waals surface area contributed by atoms with Gasteiger partial charge in [-0.15, -0.1) is 0 Å². The van der Waals surface area contributed by atoms with Crippen LogP contribution in [-0.2, 0) is 20.8 Å². The molecule has 0 spiro atoms. The minimum Gasteiger partial charge on any atom is -0.493 e. The lowest BCUT2D eigenvalue weighted by Crippen LogP contribution is -2.49. The number of benzene rings is 1. The number of rotatable bonds is 23. The molecule has 52 heavy (non-hydrogen) atoms. The first-order chi connectivity index (χ1) is 24.6. The molecule has 11 nitrogen and oxygen atoms in total. The third-order valence-electron chi connectivity index (χ3n) is 9.80. The second-order valence-corrected chi connectivity index (χ2v) is 16.2. The molecule has 11 heteroatoms. The van der Waals surface area contributed by atoms with Crippen molar-refractivity contribution >= 4 is 17.9 Å². The van der Waals surface area contributed by atoms with E-state index >= 15 is 0 Å². The molecule has 3 amide bonds. The molecule has 0 unspecified atom stereocenters. The number of nitrogens with zero attached hydrogens (tertiary/aromatic N) is 1. The van der Waals surface area contributed by atoms with E-state index in [4.69, 9.17) is 14.2 Å². The number of likely N-dealkylation sites (tertiary alicyclic amines) is 1. The van der Waals surface area contributed by atoms with E-state index in [1.807, 2.05) is 32.0 Å². The van der Waals surface area contributed by atoms with Crippen LogP contribution in [0.15, 0.2) is 18.2 Å². The fourth-order valence-corrected chi connectivity index (χ4v) is 6.51. The van der Waals surface area contributed by atoms with Gasteiger partial charge in [0.2, 0.25) is 5.91 Å². The summed E-state index contributed by atoms with van der Waals surface area (Å²) in [6.45, 7) is 20.5. The number of hydrogen-bond acceptors (Lipinski definition) is 8. The molecule has 1 aliphatic heterocycles. The van der Waals surface area contributed by atoms with Gasteiger partial charge in [0.25, 0.3) is 5.91 Å². The third kappa shape index (κ3) is 17.3. The van der Waals surface area contributed by atoms with Crippen LogP contribution < -0.4 is 20.7 Å². The summed E-state index contributed by atoms with van der Waals surface area (Å²) < 4.78 is 17.0. The lowest BCUT2D eigenvalue weighted by Gasteiger charge is -2.33. The Kier molecular flexibility index (Phi) is 20.6. The zero-order chi connectivity index (χ0) is 38.7. The zero-order valence-electron chi connectivity index (χ0n) is 33.9. The molecular formula is C41H72N4O7. The second-order valence-electron chi connectivity index (χ2n) is 16.2. The van der Waals surface area contributed by atoms with Gasteiger partial charge in [-0.3, -0.25) is 14.5 Å². The molecule has 4 N–H and O–H groups in total. The van der Waals surface area contributed by atoms with Crippen LogP contribution in [0.1, 0.15) is 129 Å². The Hall–Kier alpha value is -2.89. The smallest absolute Gasteiger partial charge is 0.407 e. The van der Waals surface area contributed by atoms with Crippen molar-refractivity contribution in [1.82, 2.24) is 20.9 Å². The highest BCUT2D eigenvalue weighted by Crippen LogP contribution is 2.26. The normalized spacial score (nSPS) is 16.2. The van der Waals surface area contributed by atoms with Gasteiger partial charge in [-0.2, -0.15) is 0 Å². The summed E-state index contributed by atoms with van der Waals surface area (Å²) in [4.78, 5) is 42.4. The number of hydrogen-bond donors (Lipinski definition) is 4. The fourth-order valence-electron chi connectivity index (χ4n) is 6.51. The zero-order valence-corrected chi connectivity index (χ0v) is 33.9. The van der Waals surface area contributed by atoms with E-state index in [1.165, 1.54) is 19.3 Å². The summed E-state index contributed by atoms with van der Waals surface area (Å²) in [5.41, 5.74) is 0.875. The van der Waals surface area contributed by atoms with Gasteiger partial charge in [0, 0.05) is 39.3 Å². The van der Waals surface area contributed by atoms with Gasteiger partial charge in [-0.05, 0) is 114 Å². The maximum Gasteiger partial charge on any atom is 0.407 e. The van der Waals surface area contributed by atoms with Crippen LogP contribution in [0.4, 0.5) is 4.79 Å². The van der Waals surface area contributed by atoms with Gasteiger partial charge < -0.3 is 35.3 Å². The van der Waals surface area contributed by atoms with Crippen molar-refractivity contribution in [2.45, 2.75) is 137 Å². The van der Waals surface area contributed by atoms with Crippen molar-refractivity contribution in [3.63, 3.8) is 0 Å². The number of nitrogens with one attached hydrogen (secondary N) is 3. The van der Waals surface area contributed by atoms with Crippen LogP contribution in [0.3, 0.4) is 0 Å². The molecule has 0 saturated carbocycles. The summed E-state index contributed by atoms with van der Waals surface area (Å²) in [7, 11) is 1.69. The Morgan fingerprint density at radius 2 is 1.62 bits per heavy atom. The number of piperidine rings is 1. The predicted molar refractivity (Wildman–Crippen MR) is 207 cm³/mol. The summed E-state index contributed by atoms with van der Waals surface area (Å²) in [5.74, 6) is -0.197. The molecule has 0 aliphatic carbocycles. The average Bonchev–Trinajstić information content (AvgIpc) is 3.07. The molecule has 298 valence electrons. The first-order valence-electron chi connectivity index (χ1n) is 19.9. The van der Waals surface area contributed by atoms with Gasteiger partial charge in [0.05, 0.1) is 24.3 Å². The highest BCUT2D eigenvalue weighted by molar-refractivity contribution is 5.97. The maximum atomic E-state index is 13.8. The molecule has 1 saturated heterocycles. The van der Waals surface area contributed by atoms with Crippen LogP contribution in [0.5, 0.6) is 5.75 Å². The van der Waals surface area contributed by atoms with Gasteiger partial charge in [-0.25, -0.2) is 4.79 Å². The molecule has 4 atom stereocenters. The van der Waals surface area contributed by atoms with Crippen molar-refractivity contribution in [3.8, 4) is 5.75 Å². The molecule has 0 aromatic heterocycles. The summed E-state index contributed by atoms with van der Waals surface area (Å²) in [5, 5.41) is 20.7. The minimum absolute atomic E-state index is 0.0127. The van der Waals surface area contributed by atoms with Crippen molar-refractivity contribution in [2.24, 2.45) is 23.7 Å². The van der Waals surface area contributed by atoms with E-state index in [-0.39, 0.29) is 36.0 Å². The highest BCUT2D eigenvalue weighted by Gasteiger charge is 2.33. The summed E-state index contributed by atoms with van der Waals surface area (Å²) in [6.07, 6.45) is 6.13. The molecule has 0 bridgehead atoms. The van der Waals surface area contributed by atoms with Crippen LogP contribution in [0.2, 0.25) is 0 Å². The van der Waals surface area contributed by atoms with E-state index in [0.29, 0.717) is 44.0 Å². The van der Waals surface area contributed by atoms with Crippen molar-refractivity contribution in [2.75, 3.05) is 46.5 Å². The third-order valence-corrected chi connectivity index (χ3v) is 9.80. The van der Waals surface area contributed by atoms with Crippen molar-refractivity contribution < 1.29 is 33.7 Å². The molecule has 1 aliphatic rings. The highest BCUT2D eigenvalue weighted by atomic mass is 16.6. The number of carbonyl (C=O) groups is 3. The number of alkyl carbamates (subject to hydrolysis) is 1. The SMILES string of the molecule is CCCCNC(=O)[C@@H](C[C@H](O)[C@H](C[C@H](CNC(=O)c1ccc(CN2CCCCC2)cc1OCCCCOC)C(C)C)NC(=O)OC(C)(C)C)C(C)C. The Morgan fingerprint density at radius 3 is 2.23 bits per heavy atom. The standard InChI is InChI=1S/C41H72N4O7/c1-10-11-19-42-39(48)34(30(4)5)26-36(46)35(44-40(49)52-41(6,7)8)25-32(29(2)3)27-43-38(47)33-18-17-31(28-45-20-13-12-14-21-45)24-37(33)51-23-16-15-22-50-9/h17-18,24,29-30,32,34-36,46H,10-16,19-23,25-28H2,1-9H3,(H,42,48)(H,43,47)(H,44,49)/t32-,34+,35+,36+/m1/s1. The molecule has 1 aromatic rings. The number of methoxy groups -OCH3 is 1. The van der Waals surface area contributed by atoms with Gasteiger partial charge in [0.1, 0.15) is 11.4 Å². The quantitative estimate of drug-likeness (QED) is 0.0913. The van der Waals surface area contributed by atoms with E-state index in [2.05, 4.69) is 41.6 Å². The van der Waals surface area contributed by atoms with Gasteiger partial charge in [-0.1, -0.05) is 53.5 Å². The Labute approximate surface area is 314 Å². The summed E-state index contributed by atoms with van der Waals surface area (Å²) >= 11 is 0. The summed E-state index contributed by atoms with van der Waals surface area (Å²) in [6, 6.07) is 5.17. The number of amides is 3. The first-order valence-corrected chi connectivity index (χ1v) is 19.9. The Morgan fingerprint density at radius 1 is 0.923 bits per heavy atom. The first kappa shape index (κ1) is 45.3. The van der Waals surface area contributed by atoms with Crippen molar-refractivity contribution in [3.05, 3.63) is 29.3 Å². The predicted octanol–water partition coefficient (Wildman–Crippen LogP) is 6.70. The maximum absolute atomic E-state index is 13.8. The Balaban J connectivity index is 2.25. The van der Waals surface area contributed by atoms with Crippen LogP contribution in [0, 0.1) is 23.7 Å². The molecule has 2 rings (SSSR count). The molecule has 0 radical (unpaired) electrons. The van der Waals surface area contributed by atoms with E-state index in [1.54, 1.807) is 27.9 Å². The molecule has 1 heterocycles. The minimum atomic E-state index is -1.01. The lowest BCUT2D eigenvalue weighted by atomic mass is 9.82.